The van der Waals surface area contributed by atoms with Crippen LogP contribution in [0.5, 0.6) is 0 Å². The van der Waals surface area contributed by atoms with E-state index in [-0.39, 0.29) is 31.6 Å². The van der Waals surface area contributed by atoms with Gasteiger partial charge in [0.15, 0.2) is 0 Å². The first kappa shape index (κ1) is 22.8. The standard InChI is InChI=1S/C26H30N2O6/c1-16-8-9-17(2)18(15-16)27-11-5-10-26-21(20-19(34-26)7-3-4-14-33-25(20)32)23(30)28(12-6-13-29)22(26)24(27)31/h3,5,7-10,15,19-22,29H,4,6,11-14H2,1-2H3/t19-,20+,21+,22?,26+/m1/s1. The van der Waals surface area contributed by atoms with Crippen LogP contribution >= 0.6 is 0 Å². The molecule has 8 nitrogen and oxygen atoms in total. The Morgan fingerprint density at radius 3 is 2.76 bits per heavy atom. The highest BCUT2D eigenvalue weighted by molar-refractivity contribution is 6.05. The van der Waals surface area contributed by atoms with Crippen LogP contribution in [0.4, 0.5) is 5.69 Å². The molecule has 0 bridgehead atoms. The van der Waals surface area contributed by atoms with Gasteiger partial charge in [0.2, 0.25) is 5.91 Å². The molecule has 0 aromatic heterocycles. The molecule has 1 aromatic carbocycles. The Morgan fingerprint density at radius 2 is 1.97 bits per heavy atom. The SMILES string of the molecule is Cc1ccc(C)c(N2CC=C[C@]34O[C@@H]5C=CCCOC(=O)[C@@H]5[C@H]3C(=O)N(CCCO)C4C2=O)c1. The number of esters is 1. The molecule has 180 valence electrons. The van der Waals surface area contributed by atoms with Crippen molar-refractivity contribution in [2.24, 2.45) is 11.8 Å². The molecule has 2 amide bonds. The maximum absolute atomic E-state index is 14.2. The minimum atomic E-state index is -1.28. The second kappa shape index (κ2) is 8.67. The van der Waals surface area contributed by atoms with Gasteiger partial charge in [0.1, 0.15) is 17.6 Å². The van der Waals surface area contributed by atoms with Gasteiger partial charge in [-0.05, 0) is 43.9 Å². The zero-order chi connectivity index (χ0) is 24.0. The van der Waals surface area contributed by atoms with Crippen molar-refractivity contribution < 1.29 is 29.0 Å². The van der Waals surface area contributed by atoms with Crippen LogP contribution in [-0.2, 0) is 23.9 Å². The average Bonchev–Trinajstić information content (AvgIpc) is 3.18. The molecule has 2 saturated heterocycles. The van der Waals surface area contributed by atoms with Gasteiger partial charge in [0.05, 0.1) is 18.6 Å². The fourth-order valence-electron chi connectivity index (χ4n) is 5.81. The van der Waals surface area contributed by atoms with Crippen molar-refractivity contribution in [3.8, 4) is 0 Å². The Labute approximate surface area is 198 Å². The fraction of sp³-hybridized carbons (Fsp3) is 0.500. The summed E-state index contributed by atoms with van der Waals surface area (Å²) in [6.45, 7) is 4.59. The maximum atomic E-state index is 14.2. The van der Waals surface area contributed by atoms with Crippen molar-refractivity contribution >= 4 is 23.5 Å². The smallest absolute Gasteiger partial charge is 0.312 e. The van der Waals surface area contributed by atoms with Crippen LogP contribution in [0.15, 0.2) is 42.5 Å². The lowest BCUT2D eigenvalue weighted by Crippen LogP contribution is -2.55. The number of carbonyl (C=O) groups is 3. The van der Waals surface area contributed by atoms with E-state index in [0.29, 0.717) is 19.4 Å². The third-order valence-electron chi connectivity index (χ3n) is 7.33. The number of benzene rings is 1. The molecule has 1 unspecified atom stereocenters. The summed E-state index contributed by atoms with van der Waals surface area (Å²) < 4.78 is 11.9. The molecule has 4 aliphatic rings. The van der Waals surface area contributed by atoms with Gasteiger partial charge >= 0.3 is 5.97 Å². The maximum Gasteiger partial charge on any atom is 0.312 e. The highest BCUT2D eigenvalue weighted by atomic mass is 16.6. The number of likely N-dealkylation sites (tertiary alicyclic amines) is 1. The number of cyclic esters (lactones) is 1. The number of amides is 2. The summed E-state index contributed by atoms with van der Waals surface area (Å²) >= 11 is 0. The van der Waals surface area contributed by atoms with E-state index in [1.807, 2.05) is 56.4 Å². The number of aliphatic hydroxyl groups excluding tert-OH is 1. The Balaban J connectivity index is 1.62. The van der Waals surface area contributed by atoms with E-state index in [9.17, 15) is 19.5 Å². The number of hydrogen-bond acceptors (Lipinski definition) is 6. The van der Waals surface area contributed by atoms with Gasteiger partial charge in [0.25, 0.3) is 5.91 Å². The van der Waals surface area contributed by atoms with Gasteiger partial charge in [0, 0.05) is 25.4 Å². The number of fused-ring (bicyclic) bond motifs is 2. The topological polar surface area (TPSA) is 96.4 Å². The normalized spacial score (nSPS) is 32.6. The summed E-state index contributed by atoms with van der Waals surface area (Å²) in [7, 11) is 0. The van der Waals surface area contributed by atoms with E-state index < -0.39 is 35.6 Å². The number of ether oxygens (including phenoxy) is 2. The van der Waals surface area contributed by atoms with Crippen LogP contribution in [-0.4, -0.2) is 71.8 Å². The molecular formula is C26H30N2O6. The number of rotatable bonds is 4. The van der Waals surface area contributed by atoms with Crippen molar-refractivity contribution in [1.29, 1.82) is 0 Å². The minimum Gasteiger partial charge on any atom is -0.465 e. The number of anilines is 1. The third-order valence-corrected chi connectivity index (χ3v) is 7.33. The Bertz CT molecular complexity index is 1080. The lowest BCUT2D eigenvalue weighted by atomic mass is 9.77. The van der Waals surface area contributed by atoms with Gasteiger partial charge in [-0.15, -0.1) is 0 Å². The fourth-order valence-corrected chi connectivity index (χ4v) is 5.81. The molecule has 2 fully saturated rings. The van der Waals surface area contributed by atoms with Crippen LogP contribution in [0.2, 0.25) is 0 Å². The molecule has 5 atom stereocenters. The lowest BCUT2D eigenvalue weighted by Gasteiger charge is -2.35. The predicted molar refractivity (Wildman–Crippen MR) is 124 cm³/mol. The number of aryl methyl sites for hydroxylation is 2. The van der Waals surface area contributed by atoms with Crippen molar-refractivity contribution in [2.75, 3.05) is 31.2 Å². The Hall–Kier alpha value is -2.97. The molecule has 1 aromatic rings. The molecule has 4 heterocycles. The van der Waals surface area contributed by atoms with Crippen LogP contribution in [0.3, 0.4) is 0 Å². The van der Waals surface area contributed by atoms with Crippen molar-refractivity contribution in [3.05, 3.63) is 53.6 Å². The first-order chi connectivity index (χ1) is 16.4. The molecule has 0 saturated carbocycles. The van der Waals surface area contributed by atoms with Crippen molar-refractivity contribution in [2.45, 2.75) is 44.4 Å². The van der Waals surface area contributed by atoms with E-state index in [4.69, 9.17) is 9.47 Å². The summed E-state index contributed by atoms with van der Waals surface area (Å²) in [4.78, 5) is 44.2. The zero-order valence-electron chi connectivity index (χ0n) is 19.5. The summed E-state index contributed by atoms with van der Waals surface area (Å²) in [5.41, 5.74) is 1.48. The summed E-state index contributed by atoms with van der Waals surface area (Å²) in [5.74, 6) is -2.72. The molecule has 5 rings (SSSR count). The zero-order valence-corrected chi connectivity index (χ0v) is 19.5. The van der Waals surface area contributed by atoms with E-state index >= 15 is 0 Å². The molecule has 4 aliphatic heterocycles. The van der Waals surface area contributed by atoms with Gasteiger partial charge in [-0.25, -0.2) is 0 Å². The van der Waals surface area contributed by atoms with Gasteiger partial charge < -0.3 is 24.4 Å². The Morgan fingerprint density at radius 1 is 1.15 bits per heavy atom. The summed E-state index contributed by atoms with van der Waals surface area (Å²) in [6, 6.07) is 5.00. The van der Waals surface area contributed by atoms with Crippen molar-refractivity contribution in [3.63, 3.8) is 0 Å². The van der Waals surface area contributed by atoms with Gasteiger partial charge in [-0.3, -0.25) is 14.4 Å². The van der Waals surface area contributed by atoms with E-state index in [0.717, 1.165) is 16.8 Å². The van der Waals surface area contributed by atoms with Crippen LogP contribution < -0.4 is 4.90 Å². The molecule has 1 spiro atoms. The number of aliphatic hydroxyl groups is 1. The Kier molecular flexibility index (Phi) is 5.81. The van der Waals surface area contributed by atoms with Crippen LogP contribution in [0.1, 0.15) is 24.0 Å². The van der Waals surface area contributed by atoms with E-state index in [1.165, 1.54) is 4.90 Å². The molecule has 0 radical (unpaired) electrons. The van der Waals surface area contributed by atoms with Crippen molar-refractivity contribution in [1.82, 2.24) is 4.90 Å². The van der Waals surface area contributed by atoms with E-state index in [1.54, 1.807) is 4.90 Å². The number of nitrogens with zero attached hydrogens (tertiary/aromatic N) is 2. The highest BCUT2D eigenvalue weighted by Gasteiger charge is 2.71. The molecule has 1 N–H and O–H groups in total. The highest BCUT2D eigenvalue weighted by Crippen LogP contribution is 2.53. The second-order valence-corrected chi connectivity index (χ2v) is 9.48. The number of carbonyl (C=O) groups excluding carboxylic acids is 3. The van der Waals surface area contributed by atoms with Gasteiger partial charge in [-0.2, -0.15) is 0 Å². The average molecular weight is 467 g/mol. The molecule has 34 heavy (non-hydrogen) atoms. The third kappa shape index (κ3) is 3.39. The minimum absolute atomic E-state index is 0.114. The largest absolute Gasteiger partial charge is 0.465 e. The summed E-state index contributed by atoms with van der Waals surface area (Å²) in [6.07, 6.45) is 7.66. The van der Waals surface area contributed by atoms with E-state index in [2.05, 4.69) is 0 Å². The first-order valence-electron chi connectivity index (χ1n) is 11.9. The summed E-state index contributed by atoms with van der Waals surface area (Å²) in [5, 5.41) is 9.46. The second-order valence-electron chi connectivity index (χ2n) is 9.48. The molecule has 8 heteroatoms. The molecule has 0 aliphatic carbocycles. The first-order valence-corrected chi connectivity index (χ1v) is 11.9. The quantitative estimate of drug-likeness (QED) is 0.536. The molecular weight excluding hydrogens is 436 g/mol. The van der Waals surface area contributed by atoms with Crippen LogP contribution in [0.25, 0.3) is 0 Å². The monoisotopic (exact) mass is 466 g/mol. The number of hydrogen-bond donors (Lipinski definition) is 1. The van der Waals surface area contributed by atoms with Gasteiger partial charge in [-0.1, -0.05) is 36.4 Å². The predicted octanol–water partition coefficient (Wildman–Crippen LogP) is 1.67. The lowest BCUT2D eigenvalue weighted by molar-refractivity contribution is -0.154. The van der Waals surface area contributed by atoms with Crippen LogP contribution in [0, 0.1) is 25.7 Å².